The Morgan fingerprint density at radius 1 is 1.27 bits per heavy atom. The van der Waals surface area contributed by atoms with Crippen molar-refractivity contribution in [3.63, 3.8) is 0 Å². The minimum Gasteiger partial charge on any atom is -0.466 e. The summed E-state index contributed by atoms with van der Waals surface area (Å²) < 4.78 is 9.68. The Balaban J connectivity index is 2.20. The van der Waals surface area contributed by atoms with Crippen molar-refractivity contribution in [1.82, 2.24) is 10.2 Å². The zero-order valence-electron chi connectivity index (χ0n) is 14.8. The SMILES string of the molecule is CCCOC(=O)CC1C(=O)NCCN1C(=O)c1cccc(C(=O)OC)c1. The Bertz CT molecular complexity index is 703. The van der Waals surface area contributed by atoms with E-state index >= 15 is 0 Å². The Morgan fingerprint density at radius 3 is 2.69 bits per heavy atom. The van der Waals surface area contributed by atoms with Gasteiger partial charge in [-0.25, -0.2) is 4.79 Å². The van der Waals surface area contributed by atoms with E-state index in [9.17, 15) is 19.2 Å². The number of esters is 2. The van der Waals surface area contributed by atoms with E-state index in [0.29, 0.717) is 13.0 Å². The van der Waals surface area contributed by atoms with Gasteiger partial charge in [-0.2, -0.15) is 0 Å². The van der Waals surface area contributed by atoms with Crippen LogP contribution in [0.4, 0.5) is 0 Å². The predicted octanol–water partition coefficient (Wildman–Crippen LogP) is 0.757. The number of hydrogen-bond acceptors (Lipinski definition) is 6. The predicted molar refractivity (Wildman–Crippen MR) is 91.5 cm³/mol. The monoisotopic (exact) mass is 362 g/mol. The van der Waals surface area contributed by atoms with Gasteiger partial charge in [0, 0.05) is 18.7 Å². The summed E-state index contributed by atoms with van der Waals surface area (Å²) >= 11 is 0. The molecular weight excluding hydrogens is 340 g/mol. The lowest BCUT2D eigenvalue weighted by Crippen LogP contribution is -2.57. The van der Waals surface area contributed by atoms with Crippen molar-refractivity contribution in [3.8, 4) is 0 Å². The molecule has 1 atom stereocenters. The van der Waals surface area contributed by atoms with Crippen LogP contribution in [0.2, 0.25) is 0 Å². The molecule has 26 heavy (non-hydrogen) atoms. The number of carbonyl (C=O) groups is 4. The van der Waals surface area contributed by atoms with E-state index in [1.165, 1.54) is 24.1 Å². The molecule has 140 valence electrons. The Labute approximate surface area is 151 Å². The highest BCUT2D eigenvalue weighted by Crippen LogP contribution is 2.16. The van der Waals surface area contributed by atoms with Crippen LogP contribution in [0.5, 0.6) is 0 Å². The normalized spacial score (nSPS) is 16.6. The zero-order chi connectivity index (χ0) is 19.1. The summed E-state index contributed by atoms with van der Waals surface area (Å²) in [5.41, 5.74) is 0.480. The molecule has 1 aliphatic heterocycles. The van der Waals surface area contributed by atoms with Gasteiger partial charge in [0.25, 0.3) is 5.91 Å². The highest BCUT2D eigenvalue weighted by Gasteiger charge is 2.35. The van der Waals surface area contributed by atoms with E-state index in [1.807, 2.05) is 6.92 Å². The smallest absolute Gasteiger partial charge is 0.337 e. The average molecular weight is 362 g/mol. The molecule has 1 aromatic carbocycles. The van der Waals surface area contributed by atoms with Crippen LogP contribution in [-0.4, -0.2) is 61.5 Å². The quantitative estimate of drug-likeness (QED) is 0.750. The van der Waals surface area contributed by atoms with Gasteiger partial charge < -0.3 is 19.7 Å². The fourth-order valence-corrected chi connectivity index (χ4v) is 2.66. The topological polar surface area (TPSA) is 102 Å². The van der Waals surface area contributed by atoms with Crippen LogP contribution < -0.4 is 5.32 Å². The van der Waals surface area contributed by atoms with E-state index < -0.39 is 29.8 Å². The Hall–Kier alpha value is -2.90. The number of hydrogen-bond donors (Lipinski definition) is 1. The van der Waals surface area contributed by atoms with Crippen molar-refractivity contribution < 1.29 is 28.7 Å². The maximum Gasteiger partial charge on any atom is 0.337 e. The van der Waals surface area contributed by atoms with E-state index in [-0.39, 0.29) is 30.7 Å². The number of carbonyl (C=O) groups excluding carboxylic acids is 4. The van der Waals surface area contributed by atoms with Gasteiger partial charge in [-0.15, -0.1) is 0 Å². The van der Waals surface area contributed by atoms with Crippen molar-refractivity contribution in [2.24, 2.45) is 0 Å². The molecule has 1 heterocycles. The van der Waals surface area contributed by atoms with Crippen LogP contribution in [0.15, 0.2) is 24.3 Å². The summed E-state index contributed by atoms with van der Waals surface area (Å²) in [6.07, 6.45) is 0.458. The van der Waals surface area contributed by atoms with Crippen LogP contribution in [0.1, 0.15) is 40.5 Å². The van der Waals surface area contributed by atoms with Gasteiger partial charge in [0.2, 0.25) is 5.91 Å². The lowest BCUT2D eigenvalue weighted by atomic mass is 10.0. The Kier molecular flexibility index (Phi) is 6.71. The third-order valence-electron chi connectivity index (χ3n) is 3.95. The summed E-state index contributed by atoms with van der Waals surface area (Å²) in [5.74, 6) is -1.92. The van der Waals surface area contributed by atoms with E-state index in [2.05, 4.69) is 10.1 Å². The Morgan fingerprint density at radius 2 is 2.00 bits per heavy atom. The second kappa shape index (κ2) is 8.98. The first-order valence-corrected chi connectivity index (χ1v) is 8.40. The largest absolute Gasteiger partial charge is 0.466 e. The number of amides is 2. The number of piperazine rings is 1. The molecule has 1 fully saturated rings. The number of nitrogens with zero attached hydrogens (tertiary/aromatic N) is 1. The van der Waals surface area contributed by atoms with Crippen LogP contribution >= 0.6 is 0 Å². The molecule has 0 radical (unpaired) electrons. The fraction of sp³-hybridized carbons (Fsp3) is 0.444. The third-order valence-corrected chi connectivity index (χ3v) is 3.95. The number of benzene rings is 1. The molecular formula is C18H22N2O6. The van der Waals surface area contributed by atoms with Gasteiger partial charge in [-0.05, 0) is 24.6 Å². The molecule has 1 unspecified atom stereocenters. The van der Waals surface area contributed by atoms with Crippen molar-refractivity contribution in [1.29, 1.82) is 0 Å². The average Bonchev–Trinajstić information content (AvgIpc) is 2.66. The van der Waals surface area contributed by atoms with Crippen LogP contribution in [0, 0.1) is 0 Å². The van der Waals surface area contributed by atoms with Gasteiger partial charge in [0.15, 0.2) is 0 Å². The number of ether oxygens (including phenoxy) is 2. The third kappa shape index (κ3) is 4.59. The summed E-state index contributed by atoms with van der Waals surface area (Å²) in [6, 6.07) is 5.11. The molecule has 2 amide bonds. The van der Waals surface area contributed by atoms with Gasteiger partial charge >= 0.3 is 11.9 Å². The van der Waals surface area contributed by atoms with Crippen molar-refractivity contribution in [2.75, 3.05) is 26.8 Å². The molecule has 0 saturated carbocycles. The first-order valence-electron chi connectivity index (χ1n) is 8.40. The summed E-state index contributed by atoms with van der Waals surface area (Å²) in [4.78, 5) is 49.9. The lowest BCUT2D eigenvalue weighted by Gasteiger charge is -2.34. The minimum absolute atomic E-state index is 0.214. The summed E-state index contributed by atoms with van der Waals surface area (Å²) in [5, 5.41) is 2.65. The van der Waals surface area contributed by atoms with Gasteiger partial charge in [-0.3, -0.25) is 14.4 Å². The van der Waals surface area contributed by atoms with Crippen LogP contribution in [0.25, 0.3) is 0 Å². The summed E-state index contributed by atoms with van der Waals surface area (Å²) in [7, 11) is 1.25. The maximum atomic E-state index is 12.9. The number of methoxy groups -OCH3 is 1. The van der Waals surface area contributed by atoms with Crippen LogP contribution in [0.3, 0.4) is 0 Å². The molecule has 1 saturated heterocycles. The number of rotatable bonds is 6. The molecule has 0 aromatic heterocycles. The second-order valence-electron chi connectivity index (χ2n) is 5.80. The molecule has 2 rings (SSSR count). The highest BCUT2D eigenvalue weighted by molar-refractivity contribution is 6.01. The molecule has 0 bridgehead atoms. The van der Waals surface area contributed by atoms with E-state index in [4.69, 9.17) is 4.74 Å². The molecule has 1 aromatic rings. The van der Waals surface area contributed by atoms with E-state index in [0.717, 1.165) is 0 Å². The molecule has 8 heteroatoms. The molecule has 0 spiro atoms. The van der Waals surface area contributed by atoms with Gasteiger partial charge in [0.1, 0.15) is 6.04 Å². The van der Waals surface area contributed by atoms with Gasteiger partial charge in [-0.1, -0.05) is 13.0 Å². The first kappa shape index (κ1) is 19.4. The first-order chi connectivity index (χ1) is 12.5. The van der Waals surface area contributed by atoms with Crippen molar-refractivity contribution >= 4 is 23.8 Å². The molecule has 8 nitrogen and oxygen atoms in total. The summed E-state index contributed by atoms with van der Waals surface area (Å²) in [6.45, 7) is 2.69. The van der Waals surface area contributed by atoms with Gasteiger partial charge in [0.05, 0.1) is 25.7 Å². The van der Waals surface area contributed by atoms with Crippen molar-refractivity contribution in [3.05, 3.63) is 35.4 Å². The molecule has 0 aliphatic carbocycles. The lowest BCUT2D eigenvalue weighted by molar-refractivity contribution is -0.147. The minimum atomic E-state index is -0.942. The van der Waals surface area contributed by atoms with Crippen LogP contribution in [-0.2, 0) is 19.1 Å². The molecule has 1 aliphatic rings. The maximum absolute atomic E-state index is 12.9. The number of nitrogens with one attached hydrogen (secondary N) is 1. The van der Waals surface area contributed by atoms with Crippen molar-refractivity contribution in [2.45, 2.75) is 25.8 Å². The van der Waals surface area contributed by atoms with E-state index in [1.54, 1.807) is 12.1 Å². The highest BCUT2D eigenvalue weighted by atomic mass is 16.5. The second-order valence-corrected chi connectivity index (χ2v) is 5.80. The molecule has 1 N–H and O–H groups in total. The standard InChI is InChI=1S/C18H22N2O6/c1-3-9-26-15(21)11-14-16(22)19-7-8-20(14)17(23)12-5-4-6-13(10-12)18(24)25-2/h4-6,10,14H,3,7-9,11H2,1-2H3,(H,19,22). The zero-order valence-corrected chi connectivity index (χ0v) is 14.8. The fourth-order valence-electron chi connectivity index (χ4n) is 2.66.